The van der Waals surface area contributed by atoms with Crippen LogP contribution in [0.1, 0.15) is 40.3 Å². The first-order valence-electron chi connectivity index (χ1n) is 14.5. The lowest BCUT2D eigenvalue weighted by Crippen LogP contribution is -2.39. The second-order valence-corrected chi connectivity index (χ2v) is 12.6. The molecule has 0 unspecified atom stereocenters. The molecule has 9 heteroatoms. The maximum atomic E-state index is 14.2. The highest BCUT2D eigenvalue weighted by Crippen LogP contribution is 2.43. The van der Waals surface area contributed by atoms with Gasteiger partial charge in [0, 0.05) is 16.7 Å². The molecule has 2 heterocycles. The van der Waals surface area contributed by atoms with Crippen LogP contribution >= 0.6 is 27.3 Å². The zero-order valence-corrected chi connectivity index (χ0v) is 27.0. The molecule has 0 spiro atoms. The van der Waals surface area contributed by atoms with Gasteiger partial charge >= 0.3 is 0 Å². The Morgan fingerprint density at radius 3 is 2.56 bits per heavy atom. The number of benzene rings is 4. The Balaban J connectivity index is 1.35. The van der Waals surface area contributed by atoms with Crippen molar-refractivity contribution in [2.45, 2.75) is 25.5 Å². The number of methoxy groups -OCH3 is 2. The summed E-state index contributed by atoms with van der Waals surface area (Å²) in [6.07, 6.45) is 3.51. The lowest BCUT2D eigenvalue weighted by Gasteiger charge is -2.31. The normalized spacial score (nSPS) is 15.6. The first-order valence-corrected chi connectivity index (χ1v) is 16.1. The van der Waals surface area contributed by atoms with Crippen LogP contribution in [0.25, 0.3) is 11.8 Å². The summed E-state index contributed by atoms with van der Waals surface area (Å²) in [5.41, 5.74) is 6.38. The topological polar surface area (TPSA) is 62.0 Å². The molecule has 2 aliphatic rings. The van der Waals surface area contributed by atoms with Crippen molar-refractivity contribution in [1.29, 1.82) is 0 Å². The van der Waals surface area contributed by atoms with E-state index in [4.69, 9.17) is 19.2 Å². The Morgan fingerprint density at radius 1 is 0.978 bits per heavy atom. The maximum Gasteiger partial charge on any atom is 0.271 e. The number of aromatic nitrogens is 1. The number of fused-ring (bicyclic) bond motifs is 3. The van der Waals surface area contributed by atoms with Crippen LogP contribution in [0.2, 0.25) is 0 Å². The smallest absolute Gasteiger partial charge is 0.271 e. The van der Waals surface area contributed by atoms with Gasteiger partial charge in [-0.15, -0.1) is 0 Å². The van der Waals surface area contributed by atoms with E-state index in [2.05, 4.69) is 34.1 Å². The number of para-hydroxylation sites is 1. The molecule has 0 amide bonds. The second kappa shape index (κ2) is 12.1. The summed E-state index contributed by atoms with van der Waals surface area (Å²) < 4.78 is 34.6. The molecule has 0 N–H and O–H groups in total. The van der Waals surface area contributed by atoms with Crippen LogP contribution in [-0.4, -0.2) is 18.8 Å². The lowest BCUT2D eigenvalue weighted by molar-refractivity contribution is 0.278. The molecule has 7 rings (SSSR count). The number of nitrogens with zero attached hydrogens (tertiary/aromatic N) is 2. The van der Waals surface area contributed by atoms with Crippen LogP contribution in [0, 0.1) is 5.82 Å². The molecule has 4 aromatic carbocycles. The van der Waals surface area contributed by atoms with Crippen LogP contribution in [0.5, 0.6) is 17.2 Å². The average molecular weight is 684 g/mol. The Kier molecular flexibility index (Phi) is 7.89. The molecule has 6 nitrogen and oxygen atoms in total. The van der Waals surface area contributed by atoms with E-state index in [0.29, 0.717) is 30.9 Å². The van der Waals surface area contributed by atoms with Crippen molar-refractivity contribution >= 4 is 39.0 Å². The number of rotatable bonds is 7. The van der Waals surface area contributed by atoms with Gasteiger partial charge in [0.2, 0.25) is 0 Å². The Morgan fingerprint density at radius 2 is 1.73 bits per heavy atom. The first kappa shape index (κ1) is 29.3. The standard InChI is InChI=1S/C36H28BrFN2O4S/c1-42-29-14-8-6-12-25(29)33-26-16-15-22-9-3-5-11-24(22)32(26)39-36-40(33)35(41)31(45-36)19-21-17-27(37)34(30(18-21)43-2)44-20-23-10-4-7-13-28(23)38/h3-14,17-19,33H,15-16,20H2,1-2H3/b31-19-/t33-/m1/s1. The summed E-state index contributed by atoms with van der Waals surface area (Å²) >= 11 is 4.95. The minimum Gasteiger partial charge on any atom is -0.496 e. The van der Waals surface area contributed by atoms with E-state index in [0.717, 1.165) is 46.6 Å². The number of hydrogen-bond donors (Lipinski definition) is 0. The van der Waals surface area contributed by atoms with Crippen molar-refractivity contribution < 1.29 is 18.6 Å². The van der Waals surface area contributed by atoms with Crippen LogP contribution in [0.15, 0.2) is 105 Å². The molecule has 1 atom stereocenters. The van der Waals surface area contributed by atoms with Crippen LogP contribution in [0.4, 0.5) is 4.39 Å². The summed E-state index contributed by atoms with van der Waals surface area (Å²) in [5.74, 6) is 1.29. The third-order valence-corrected chi connectivity index (χ3v) is 9.76. The number of allylic oxidation sites excluding steroid dienone is 1. The third-order valence-electron chi connectivity index (χ3n) is 8.19. The molecule has 1 aliphatic carbocycles. The maximum absolute atomic E-state index is 14.2. The zero-order valence-electron chi connectivity index (χ0n) is 24.6. The molecule has 1 aromatic heterocycles. The molecule has 0 saturated carbocycles. The predicted molar refractivity (Wildman–Crippen MR) is 177 cm³/mol. The number of halogens is 2. The highest BCUT2D eigenvalue weighted by atomic mass is 79.9. The minimum absolute atomic E-state index is 0.0380. The van der Waals surface area contributed by atoms with E-state index < -0.39 is 0 Å². The van der Waals surface area contributed by atoms with E-state index in [1.807, 2.05) is 42.5 Å². The highest BCUT2D eigenvalue weighted by molar-refractivity contribution is 9.10. The van der Waals surface area contributed by atoms with Crippen LogP contribution < -0.4 is 29.1 Å². The SMILES string of the molecule is COc1ccccc1[C@@H]1C2=C(N=c3s/c(=C\c4cc(Br)c(OCc5ccccc5F)c(OC)c4)c(=O)n31)c1ccccc1CC2. The summed E-state index contributed by atoms with van der Waals surface area (Å²) in [7, 11) is 3.20. The quantitative estimate of drug-likeness (QED) is 0.189. The van der Waals surface area contributed by atoms with Gasteiger partial charge in [-0.05, 0) is 75.8 Å². The first-order chi connectivity index (χ1) is 22.0. The zero-order chi connectivity index (χ0) is 31.1. The highest BCUT2D eigenvalue weighted by Gasteiger charge is 2.34. The van der Waals surface area contributed by atoms with Crippen molar-refractivity contribution in [1.82, 2.24) is 4.57 Å². The van der Waals surface area contributed by atoms with Crippen molar-refractivity contribution in [2.24, 2.45) is 4.99 Å². The fraction of sp³-hybridized carbons (Fsp3) is 0.167. The van der Waals surface area contributed by atoms with Crippen molar-refractivity contribution in [3.63, 3.8) is 0 Å². The van der Waals surface area contributed by atoms with Gasteiger partial charge in [-0.25, -0.2) is 9.38 Å². The van der Waals surface area contributed by atoms with Gasteiger partial charge in [0.05, 0.1) is 35.0 Å². The Bertz CT molecular complexity index is 2170. The van der Waals surface area contributed by atoms with E-state index >= 15 is 0 Å². The molecule has 0 fully saturated rings. The number of thiazole rings is 1. The molecule has 0 saturated heterocycles. The Labute approximate surface area is 271 Å². The largest absolute Gasteiger partial charge is 0.496 e. The van der Waals surface area contributed by atoms with E-state index in [1.165, 1.54) is 23.0 Å². The molecular formula is C36H28BrFN2O4S. The molecule has 1 aliphatic heterocycles. The summed E-state index contributed by atoms with van der Waals surface area (Å²) in [6.45, 7) is 0.0380. The van der Waals surface area contributed by atoms with Crippen LogP contribution in [0.3, 0.4) is 0 Å². The van der Waals surface area contributed by atoms with Gasteiger partial charge in [-0.1, -0.05) is 72.0 Å². The van der Waals surface area contributed by atoms with Gasteiger partial charge in [-0.2, -0.15) is 0 Å². The van der Waals surface area contributed by atoms with Gasteiger partial charge in [0.15, 0.2) is 16.3 Å². The van der Waals surface area contributed by atoms with E-state index in [1.54, 1.807) is 43.1 Å². The molecule has 5 aromatic rings. The number of ether oxygens (including phenoxy) is 3. The van der Waals surface area contributed by atoms with Crippen molar-refractivity contribution in [3.05, 3.63) is 148 Å². The van der Waals surface area contributed by atoms with E-state index in [9.17, 15) is 9.18 Å². The molecule has 45 heavy (non-hydrogen) atoms. The Hall–Kier alpha value is -4.47. The molecular weight excluding hydrogens is 655 g/mol. The fourth-order valence-corrected chi connectivity index (χ4v) is 7.65. The van der Waals surface area contributed by atoms with Crippen molar-refractivity contribution in [3.8, 4) is 17.2 Å². The van der Waals surface area contributed by atoms with Gasteiger partial charge in [0.1, 0.15) is 18.2 Å². The summed E-state index contributed by atoms with van der Waals surface area (Å²) in [6, 6.07) is 26.0. The predicted octanol–water partition coefficient (Wildman–Crippen LogP) is 6.82. The monoisotopic (exact) mass is 682 g/mol. The molecule has 0 radical (unpaired) electrons. The number of aryl methyl sites for hydroxylation is 1. The fourth-order valence-electron chi connectivity index (χ4n) is 6.07. The number of hydrogen-bond acceptors (Lipinski definition) is 6. The van der Waals surface area contributed by atoms with Gasteiger partial charge < -0.3 is 14.2 Å². The summed E-state index contributed by atoms with van der Waals surface area (Å²) in [5, 5.41) is 0. The lowest BCUT2D eigenvalue weighted by atomic mass is 9.83. The van der Waals surface area contributed by atoms with Gasteiger partial charge in [-0.3, -0.25) is 9.36 Å². The average Bonchev–Trinajstić information content (AvgIpc) is 3.37. The molecule has 0 bridgehead atoms. The van der Waals surface area contributed by atoms with Crippen LogP contribution in [-0.2, 0) is 13.0 Å². The van der Waals surface area contributed by atoms with Gasteiger partial charge in [0.25, 0.3) is 5.56 Å². The summed E-state index contributed by atoms with van der Waals surface area (Å²) in [4.78, 5) is 20.0. The third kappa shape index (κ3) is 5.30. The molecule has 226 valence electrons. The van der Waals surface area contributed by atoms with Crippen molar-refractivity contribution in [2.75, 3.05) is 14.2 Å². The second-order valence-electron chi connectivity index (χ2n) is 10.8. The minimum atomic E-state index is -0.349. The van der Waals surface area contributed by atoms with E-state index in [-0.39, 0.29) is 24.0 Å².